The molecule has 0 bridgehead atoms. The highest BCUT2D eigenvalue weighted by Crippen LogP contribution is 2.17. The lowest BCUT2D eigenvalue weighted by molar-refractivity contribution is 0.363. The van der Waals surface area contributed by atoms with Crippen molar-refractivity contribution in [1.82, 2.24) is 5.32 Å². The van der Waals surface area contributed by atoms with Crippen LogP contribution in [-0.2, 0) is 0 Å². The number of nitrogens with one attached hydrogen (secondary N) is 2. The van der Waals surface area contributed by atoms with Gasteiger partial charge in [0.25, 0.3) is 0 Å². The Hall–Kier alpha value is -1.55. The molecule has 1 rings (SSSR count). The van der Waals surface area contributed by atoms with Gasteiger partial charge >= 0.3 is 0 Å². The van der Waals surface area contributed by atoms with Crippen LogP contribution in [0.25, 0.3) is 0 Å². The molecule has 0 aliphatic carbocycles. The topological polar surface area (TPSA) is 33.3 Å². The van der Waals surface area contributed by atoms with E-state index in [0.717, 1.165) is 24.4 Å². The normalized spacial score (nSPS) is 9.47. The monoisotopic (exact) mass is 250 g/mol. The average Bonchev–Trinajstić information content (AvgIpc) is 2.34. The van der Waals surface area contributed by atoms with Crippen LogP contribution < -0.4 is 15.4 Å². The number of anilines is 1. The molecule has 4 heteroatoms. The molecule has 0 aromatic heterocycles. The van der Waals surface area contributed by atoms with Crippen LogP contribution in [0, 0.1) is 0 Å². The standard InChI is InChI=1S/C13H18N2OS/c1-3-8-14-13(17)15-11-6-5-7-12(10-11)16-9-4-2/h4-7,10H,2-3,8-9H2,1H3,(H2,14,15,17). The molecule has 3 nitrogen and oxygen atoms in total. The molecule has 2 N–H and O–H groups in total. The molecule has 0 radical (unpaired) electrons. The Morgan fingerprint density at radius 3 is 3.06 bits per heavy atom. The van der Waals surface area contributed by atoms with Crippen molar-refractivity contribution < 1.29 is 4.74 Å². The van der Waals surface area contributed by atoms with Gasteiger partial charge in [-0.15, -0.1) is 0 Å². The molecular weight excluding hydrogens is 232 g/mol. The highest BCUT2D eigenvalue weighted by molar-refractivity contribution is 7.80. The SMILES string of the molecule is C=CCOc1cccc(NC(=S)NCCC)c1. The molecular formula is C13H18N2OS. The molecule has 0 aliphatic rings. The van der Waals surface area contributed by atoms with Crippen LogP contribution in [0.4, 0.5) is 5.69 Å². The molecule has 1 aromatic rings. The summed E-state index contributed by atoms with van der Waals surface area (Å²) in [4.78, 5) is 0. The summed E-state index contributed by atoms with van der Waals surface area (Å²) >= 11 is 5.15. The van der Waals surface area contributed by atoms with Crippen molar-refractivity contribution in [2.24, 2.45) is 0 Å². The van der Waals surface area contributed by atoms with E-state index in [2.05, 4.69) is 24.1 Å². The summed E-state index contributed by atoms with van der Waals surface area (Å²) in [5.74, 6) is 0.799. The second-order valence-electron chi connectivity index (χ2n) is 3.51. The van der Waals surface area contributed by atoms with Gasteiger partial charge in [-0.05, 0) is 30.8 Å². The third kappa shape index (κ3) is 5.36. The fraction of sp³-hybridized carbons (Fsp3) is 0.308. The van der Waals surface area contributed by atoms with Crippen LogP contribution in [0.5, 0.6) is 5.75 Å². The van der Waals surface area contributed by atoms with E-state index in [0.29, 0.717) is 11.7 Å². The van der Waals surface area contributed by atoms with Gasteiger partial charge in [0.1, 0.15) is 12.4 Å². The van der Waals surface area contributed by atoms with Crippen LogP contribution in [0.2, 0.25) is 0 Å². The first-order valence-electron chi connectivity index (χ1n) is 5.65. The van der Waals surface area contributed by atoms with E-state index in [-0.39, 0.29) is 0 Å². The zero-order valence-electron chi connectivity index (χ0n) is 10.0. The molecule has 0 saturated carbocycles. The predicted octanol–water partition coefficient (Wildman–Crippen LogP) is 2.95. The van der Waals surface area contributed by atoms with Crippen molar-refractivity contribution in [1.29, 1.82) is 0 Å². The summed E-state index contributed by atoms with van der Waals surface area (Å²) in [6.45, 7) is 7.08. The Kier molecular flexibility index (Phi) is 6.10. The predicted molar refractivity (Wildman–Crippen MR) is 76.6 cm³/mol. The summed E-state index contributed by atoms with van der Waals surface area (Å²) < 4.78 is 5.44. The van der Waals surface area contributed by atoms with E-state index in [4.69, 9.17) is 17.0 Å². The Labute approximate surface area is 108 Å². The second kappa shape index (κ2) is 7.68. The highest BCUT2D eigenvalue weighted by atomic mass is 32.1. The Bertz CT molecular complexity index is 379. The molecule has 1 aromatic carbocycles. The van der Waals surface area contributed by atoms with Crippen LogP contribution in [0.15, 0.2) is 36.9 Å². The van der Waals surface area contributed by atoms with Crippen LogP contribution >= 0.6 is 12.2 Å². The van der Waals surface area contributed by atoms with E-state index in [1.54, 1.807) is 6.08 Å². The minimum absolute atomic E-state index is 0.502. The van der Waals surface area contributed by atoms with Crippen molar-refractivity contribution >= 4 is 23.0 Å². The first kappa shape index (κ1) is 13.5. The van der Waals surface area contributed by atoms with Gasteiger partial charge in [0.05, 0.1) is 0 Å². The minimum Gasteiger partial charge on any atom is -0.489 e. The lowest BCUT2D eigenvalue weighted by Crippen LogP contribution is -2.28. The second-order valence-corrected chi connectivity index (χ2v) is 3.92. The zero-order chi connectivity index (χ0) is 12.5. The lowest BCUT2D eigenvalue weighted by Gasteiger charge is -2.11. The van der Waals surface area contributed by atoms with E-state index < -0.39 is 0 Å². The molecule has 0 atom stereocenters. The largest absolute Gasteiger partial charge is 0.489 e. The summed E-state index contributed by atoms with van der Waals surface area (Å²) in [5.41, 5.74) is 0.917. The lowest BCUT2D eigenvalue weighted by atomic mass is 10.3. The summed E-state index contributed by atoms with van der Waals surface area (Å²) in [5, 5.41) is 6.85. The van der Waals surface area contributed by atoms with Crippen molar-refractivity contribution in [3.8, 4) is 5.75 Å². The average molecular weight is 250 g/mol. The number of rotatable bonds is 6. The van der Waals surface area contributed by atoms with Gasteiger partial charge in [0.2, 0.25) is 0 Å². The molecule has 0 unspecified atom stereocenters. The van der Waals surface area contributed by atoms with Gasteiger partial charge in [-0.1, -0.05) is 25.6 Å². The number of hydrogen-bond acceptors (Lipinski definition) is 2. The number of ether oxygens (including phenoxy) is 1. The maximum absolute atomic E-state index is 5.44. The molecule has 0 saturated heterocycles. The molecule has 17 heavy (non-hydrogen) atoms. The van der Waals surface area contributed by atoms with E-state index in [1.807, 2.05) is 24.3 Å². The van der Waals surface area contributed by atoms with Gasteiger partial charge in [-0.2, -0.15) is 0 Å². The first-order chi connectivity index (χ1) is 8.26. The Balaban J connectivity index is 2.52. The smallest absolute Gasteiger partial charge is 0.170 e. The van der Waals surface area contributed by atoms with Gasteiger partial charge in [-0.25, -0.2) is 0 Å². The van der Waals surface area contributed by atoms with E-state index in [1.165, 1.54) is 0 Å². The fourth-order valence-electron chi connectivity index (χ4n) is 1.23. The number of benzene rings is 1. The van der Waals surface area contributed by atoms with Crippen molar-refractivity contribution in [3.05, 3.63) is 36.9 Å². The third-order valence-corrected chi connectivity index (χ3v) is 2.24. The highest BCUT2D eigenvalue weighted by Gasteiger charge is 1.98. The molecule has 0 fully saturated rings. The van der Waals surface area contributed by atoms with Gasteiger partial charge in [0, 0.05) is 18.3 Å². The number of thiocarbonyl (C=S) groups is 1. The summed E-state index contributed by atoms with van der Waals surface area (Å²) in [7, 11) is 0. The van der Waals surface area contributed by atoms with Crippen molar-refractivity contribution in [2.75, 3.05) is 18.5 Å². The maximum Gasteiger partial charge on any atom is 0.170 e. The van der Waals surface area contributed by atoms with Gasteiger partial charge in [0.15, 0.2) is 5.11 Å². The Morgan fingerprint density at radius 2 is 2.35 bits per heavy atom. The minimum atomic E-state index is 0.502. The maximum atomic E-state index is 5.44. The summed E-state index contributed by atoms with van der Waals surface area (Å²) in [6, 6.07) is 7.67. The quantitative estimate of drug-likeness (QED) is 0.601. The van der Waals surface area contributed by atoms with Crippen LogP contribution in [0.1, 0.15) is 13.3 Å². The van der Waals surface area contributed by atoms with Gasteiger partial charge in [-0.3, -0.25) is 0 Å². The third-order valence-electron chi connectivity index (χ3n) is 2.00. The van der Waals surface area contributed by atoms with Crippen LogP contribution in [0.3, 0.4) is 0 Å². The van der Waals surface area contributed by atoms with Crippen molar-refractivity contribution in [3.63, 3.8) is 0 Å². The van der Waals surface area contributed by atoms with Gasteiger partial charge < -0.3 is 15.4 Å². The molecule has 92 valence electrons. The first-order valence-corrected chi connectivity index (χ1v) is 6.05. The summed E-state index contributed by atoms with van der Waals surface area (Å²) in [6.07, 6.45) is 2.76. The van der Waals surface area contributed by atoms with E-state index in [9.17, 15) is 0 Å². The Morgan fingerprint density at radius 1 is 1.53 bits per heavy atom. The van der Waals surface area contributed by atoms with E-state index >= 15 is 0 Å². The molecule has 0 spiro atoms. The molecule has 0 aliphatic heterocycles. The molecule has 0 heterocycles. The zero-order valence-corrected chi connectivity index (χ0v) is 10.8. The van der Waals surface area contributed by atoms with Crippen LogP contribution in [-0.4, -0.2) is 18.3 Å². The number of hydrogen-bond donors (Lipinski definition) is 2. The molecule has 0 amide bonds. The van der Waals surface area contributed by atoms with Crippen molar-refractivity contribution in [2.45, 2.75) is 13.3 Å². The fourth-order valence-corrected chi connectivity index (χ4v) is 1.45.